The van der Waals surface area contributed by atoms with Crippen LogP contribution < -0.4 is 4.74 Å². The van der Waals surface area contributed by atoms with Crippen LogP contribution >= 0.6 is 0 Å². The van der Waals surface area contributed by atoms with E-state index in [1.165, 1.54) is 24.3 Å². The van der Waals surface area contributed by atoms with Crippen molar-refractivity contribution < 1.29 is 18.3 Å². The monoisotopic (exact) mass is 372 g/mol. The smallest absolute Gasteiger partial charge is 0.189 e. The van der Waals surface area contributed by atoms with Crippen molar-refractivity contribution >= 4 is 22.8 Å². The molecule has 0 aliphatic heterocycles. The molecule has 3 aromatic carbocycles. The maximum Gasteiger partial charge on any atom is 0.189 e. The SMILES string of the molecule is O=C(C=Cc1cc2ccccc2o1)c1cc(F)ccc1OCc1ccccc1. The van der Waals surface area contributed by atoms with Crippen molar-refractivity contribution in [2.45, 2.75) is 6.61 Å². The molecule has 3 nitrogen and oxygen atoms in total. The predicted molar refractivity (Wildman–Crippen MR) is 107 cm³/mol. The minimum Gasteiger partial charge on any atom is -0.488 e. The number of hydrogen-bond donors (Lipinski definition) is 0. The third kappa shape index (κ3) is 4.01. The topological polar surface area (TPSA) is 39.4 Å². The van der Waals surface area contributed by atoms with Gasteiger partial charge in [-0.15, -0.1) is 0 Å². The summed E-state index contributed by atoms with van der Waals surface area (Å²) in [5, 5.41) is 0.951. The maximum absolute atomic E-state index is 13.7. The fraction of sp³-hybridized carbons (Fsp3) is 0.0417. The number of rotatable bonds is 6. The van der Waals surface area contributed by atoms with Gasteiger partial charge in [0.15, 0.2) is 5.78 Å². The van der Waals surface area contributed by atoms with Gasteiger partial charge < -0.3 is 9.15 Å². The van der Waals surface area contributed by atoms with Crippen LogP contribution in [0.1, 0.15) is 21.7 Å². The first-order valence-electron chi connectivity index (χ1n) is 8.86. The highest BCUT2D eigenvalue weighted by Gasteiger charge is 2.12. The number of allylic oxidation sites excluding steroid dienone is 1. The summed E-state index contributed by atoms with van der Waals surface area (Å²) in [6.45, 7) is 0.292. The Bertz CT molecular complexity index is 1110. The number of halogens is 1. The number of carbonyl (C=O) groups excluding carboxylic acids is 1. The fourth-order valence-electron chi connectivity index (χ4n) is 2.89. The lowest BCUT2D eigenvalue weighted by atomic mass is 10.1. The van der Waals surface area contributed by atoms with Gasteiger partial charge in [-0.05, 0) is 48.0 Å². The van der Waals surface area contributed by atoms with Gasteiger partial charge in [-0.2, -0.15) is 0 Å². The normalized spacial score (nSPS) is 11.2. The van der Waals surface area contributed by atoms with Crippen LogP contribution in [0, 0.1) is 5.82 Å². The molecule has 0 aliphatic carbocycles. The summed E-state index contributed by atoms with van der Waals surface area (Å²) in [6.07, 6.45) is 2.94. The third-order valence-corrected chi connectivity index (χ3v) is 4.29. The van der Waals surface area contributed by atoms with Crippen LogP contribution in [-0.4, -0.2) is 5.78 Å². The molecule has 138 valence electrons. The van der Waals surface area contributed by atoms with Crippen molar-refractivity contribution in [2.24, 2.45) is 0 Å². The summed E-state index contributed by atoms with van der Waals surface area (Å²) < 4.78 is 25.1. The average Bonchev–Trinajstić information content (AvgIpc) is 3.15. The van der Waals surface area contributed by atoms with Gasteiger partial charge in [-0.3, -0.25) is 4.79 Å². The van der Waals surface area contributed by atoms with Gasteiger partial charge >= 0.3 is 0 Å². The number of hydrogen-bond acceptors (Lipinski definition) is 3. The first kappa shape index (κ1) is 17.7. The quantitative estimate of drug-likeness (QED) is 0.306. The number of carbonyl (C=O) groups is 1. The minimum absolute atomic E-state index is 0.170. The zero-order chi connectivity index (χ0) is 19.3. The van der Waals surface area contributed by atoms with Crippen LogP contribution in [0.2, 0.25) is 0 Å². The van der Waals surface area contributed by atoms with Gasteiger partial charge in [0, 0.05) is 5.39 Å². The Morgan fingerprint density at radius 1 is 0.964 bits per heavy atom. The Kier molecular flexibility index (Phi) is 5.02. The molecule has 0 bridgehead atoms. The lowest BCUT2D eigenvalue weighted by Crippen LogP contribution is -2.03. The number of ether oxygens (including phenoxy) is 1. The van der Waals surface area contributed by atoms with Gasteiger partial charge in [0.25, 0.3) is 0 Å². The zero-order valence-electron chi connectivity index (χ0n) is 15.0. The van der Waals surface area contributed by atoms with Gasteiger partial charge in [0.05, 0.1) is 5.56 Å². The van der Waals surface area contributed by atoms with Gasteiger partial charge in [-0.1, -0.05) is 48.5 Å². The minimum atomic E-state index is -0.493. The Morgan fingerprint density at radius 3 is 2.57 bits per heavy atom. The van der Waals surface area contributed by atoms with Gasteiger partial charge in [-0.25, -0.2) is 4.39 Å². The van der Waals surface area contributed by atoms with Crippen molar-refractivity contribution in [1.82, 2.24) is 0 Å². The molecule has 0 saturated carbocycles. The highest BCUT2D eigenvalue weighted by molar-refractivity contribution is 6.08. The molecule has 4 heteroatoms. The number of benzene rings is 3. The van der Waals surface area contributed by atoms with Crippen LogP contribution in [0.3, 0.4) is 0 Å². The molecule has 1 heterocycles. The van der Waals surface area contributed by atoms with E-state index in [0.29, 0.717) is 18.1 Å². The molecule has 4 rings (SSSR count). The maximum atomic E-state index is 13.7. The van der Waals surface area contributed by atoms with Crippen molar-refractivity contribution in [2.75, 3.05) is 0 Å². The third-order valence-electron chi connectivity index (χ3n) is 4.29. The van der Waals surface area contributed by atoms with E-state index in [1.807, 2.05) is 60.7 Å². The van der Waals surface area contributed by atoms with Crippen LogP contribution in [-0.2, 0) is 6.61 Å². The molecule has 1 aromatic heterocycles. The van der Waals surface area contributed by atoms with Crippen molar-refractivity contribution in [3.63, 3.8) is 0 Å². The van der Waals surface area contributed by atoms with Gasteiger partial charge in [0.1, 0.15) is 29.5 Å². The van der Waals surface area contributed by atoms with E-state index in [1.54, 1.807) is 6.08 Å². The Morgan fingerprint density at radius 2 is 1.75 bits per heavy atom. The molecular weight excluding hydrogens is 355 g/mol. The molecule has 0 radical (unpaired) electrons. The summed E-state index contributed by atoms with van der Waals surface area (Å²) in [7, 11) is 0. The Hall–Kier alpha value is -3.66. The van der Waals surface area contributed by atoms with E-state index in [0.717, 1.165) is 16.5 Å². The van der Waals surface area contributed by atoms with E-state index in [-0.39, 0.29) is 11.3 Å². The molecule has 28 heavy (non-hydrogen) atoms. The van der Waals surface area contributed by atoms with Crippen LogP contribution in [0.5, 0.6) is 5.75 Å². The molecule has 0 saturated heterocycles. The number of fused-ring (bicyclic) bond motifs is 1. The summed E-state index contributed by atoms with van der Waals surface area (Å²) >= 11 is 0. The van der Waals surface area contributed by atoms with E-state index in [2.05, 4.69) is 0 Å². The van der Waals surface area contributed by atoms with Gasteiger partial charge in [0.2, 0.25) is 0 Å². The van der Waals surface area contributed by atoms with E-state index >= 15 is 0 Å². The Labute approximate surface area is 161 Å². The summed E-state index contributed by atoms with van der Waals surface area (Å²) in [6, 6.07) is 22.9. The number of ketones is 1. The summed E-state index contributed by atoms with van der Waals surface area (Å²) in [5.74, 6) is 0.0396. The second-order valence-corrected chi connectivity index (χ2v) is 6.30. The highest BCUT2D eigenvalue weighted by atomic mass is 19.1. The molecular formula is C24H17FO3. The first-order valence-corrected chi connectivity index (χ1v) is 8.86. The molecule has 0 spiro atoms. The first-order chi connectivity index (χ1) is 13.7. The lowest BCUT2D eigenvalue weighted by molar-refractivity contribution is 0.104. The number of para-hydroxylation sites is 1. The lowest BCUT2D eigenvalue weighted by Gasteiger charge is -2.10. The van der Waals surface area contributed by atoms with Crippen LogP contribution in [0.15, 0.2) is 89.4 Å². The summed E-state index contributed by atoms with van der Waals surface area (Å²) in [5.41, 5.74) is 1.87. The van der Waals surface area contributed by atoms with Crippen LogP contribution in [0.25, 0.3) is 17.0 Å². The number of furan rings is 1. The largest absolute Gasteiger partial charge is 0.488 e. The van der Waals surface area contributed by atoms with Crippen molar-refractivity contribution in [1.29, 1.82) is 0 Å². The van der Waals surface area contributed by atoms with Crippen LogP contribution in [0.4, 0.5) is 4.39 Å². The Balaban J connectivity index is 1.55. The predicted octanol–water partition coefficient (Wildman–Crippen LogP) is 6.05. The van der Waals surface area contributed by atoms with E-state index in [4.69, 9.17) is 9.15 Å². The molecule has 0 unspecified atom stereocenters. The molecule has 0 fully saturated rings. The van der Waals surface area contributed by atoms with E-state index < -0.39 is 5.82 Å². The molecule has 0 atom stereocenters. The standard InChI is InChI=1S/C24H17FO3/c25-19-10-13-24(27-16-17-6-2-1-3-7-17)21(15-19)22(26)12-11-20-14-18-8-4-5-9-23(18)28-20/h1-15H,16H2. The zero-order valence-corrected chi connectivity index (χ0v) is 15.0. The molecule has 4 aromatic rings. The molecule has 0 aliphatic rings. The second-order valence-electron chi connectivity index (χ2n) is 6.30. The van der Waals surface area contributed by atoms with Crippen molar-refractivity contribution in [3.8, 4) is 5.75 Å². The van der Waals surface area contributed by atoms with E-state index in [9.17, 15) is 9.18 Å². The highest BCUT2D eigenvalue weighted by Crippen LogP contribution is 2.24. The fourth-order valence-corrected chi connectivity index (χ4v) is 2.89. The van der Waals surface area contributed by atoms with Crippen molar-refractivity contribution in [3.05, 3.63) is 108 Å². The molecule has 0 N–H and O–H groups in total. The summed E-state index contributed by atoms with van der Waals surface area (Å²) in [4.78, 5) is 12.6. The second kappa shape index (κ2) is 7.92. The molecule has 0 amide bonds. The average molecular weight is 372 g/mol.